The van der Waals surface area contributed by atoms with Crippen molar-refractivity contribution in [1.29, 1.82) is 0 Å². The monoisotopic (exact) mass is 276 g/mol. The summed E-state index contributed by atoms with van der Waals surface area (Å²) in [5.74, 6) is 1.34. The molecule has 3 heterocycles. The van der Waals surface area contributed by atoms with Gasteiger partial charge in [-0.1, -0.05) is 5.16 Å². The van der Waals surface area contributed by atoms with Gasteiger partial charge in [-0.25, -0.2) is 0 Å². The Labute approximate surface area is 115 Å². The van der Waals surface area contributed by atoms with E-state index in [0.717, 1.165) is 13.0 Å². The first-order chi connectivity index (χ1) is 9.63. The Morgan fingerprint density at radius 2 is 2.40 bits per heavy atom. The van der Waals surface area contributed by atoms with E-state index in [1.54, 1.807) is 19.1 Å². The van der Waals surface area contributed by atoms with E-state index in [-0.39, 0.29) is 18.0 Å². The number of nitrogens with one attached hydrogen (secondary N) is 1. The number of likely N-dealkylation sites (N-methyl/N-ethyl adjacent to an activating group) is 1. The molecule has 2 atom stereocenters. The summed E-state index contributed by atoms with van der Waals surface area (Å²) in [6, 6.07) is 3.42. The zero-order chi connectivity index (χ0) is 14.1. The SMILES string of the molecule is Cc1noc(C2CC(NC(=O)c3ccco3)CN2C)n1. The van der Waals surface area contributed by atoms with Gasteiger partial charge in [0.25, 0.3) is 5.91 Å². The molecule has 7 heteroatoms. The predicted molar refractivity (Wildman–Crippen MR) is 69.0 cm³/mol. The van der Waals surface area contributed by atoms with Crippen molar-refractivity contribution in [3.63, 3.8) is 0 Å². The minimum absolute atomic E-state index is 0.0369. The molecule has 2 aromatic rings. The highest BCUT2D eigenvalue weighted by molar-refractivity contribution is 5.91. The van der Waals surface area contributed by atoms with Gasteiger partial charge in [0.2, 0.25) is 5.89 Å². The second-order valence-corrected chi connectivity index (χ2v) is 5.02. The molecular formula is C13H16N4O3. The Kier molecular flexibility index (Phi) is 3.27. The highest BCUT2D eigenvalue weighted by atomic mass is 16.5. The van der Waals surface area contributed by atoms with Gasteiger partial charge in [-0.05, 0) is 32.5 Å². The number of aryl methyl sites for hydroxylation is 1. The maximum absolute atomic E-state index is 11.9. The average molecular weight is 276 g/mol. The summed E-state index contributed by atoms with van der Waals surface area (Å²) in [6.45, 7) is 2.52. The molecule has 20 heavy (non-hydrogen) atoms. The van der Waals surface area contributed by atoms with E-state index in [1.807, 2.05) is 7.05 Å². The molecular weight excluding hydrogens is 260 g/mol. The van der Waals surface area contributed by atoms with Gasteiger partial charge in [-0.2, -0.15) is 4.98 Å². The van der Waals surface area contributed by atoms with Gasteiger partial charge in [-0.3, -0.25) is 9.69 Å². The van der Waals surface area contributed by atoms with E-state index < -0.39 is 0 Å². The fourth-order valence-corrected chi connectivity index (χ4v) is 2.51. The molecule has 1 saturated heterocycles. The van der Waals surface area contributed by atoms with E-state index in [1.165, 1.54) is 6.26 Å². The lowest BCUT2D eigenvalue weighted by Crippen LogP contribution is -2.36. The number of furan rings is 1. The van der Waals surface area contributed by atoms with Gasteiger partial charge in [0.15, 0.2) is 11.6 Å². The average Bonchev–Trinajstić information content (AvgIpc) is 3.10. The Bertz CT molecular complexity index is 593. The molecule has 0 saturated carbocycles. The smallest absolute Gasteiger partial charge is 0.287 e. The molecule has 1 fully saturated rings. The normalized spacial score (nSPS) is 23.1. The van der Waals surface area contributed by atoms with Crippen LogP contribution in [-0.2, 0) is 0 Å². The van der Waals surface area contributed by atoms with Crippen LogP contribution < -0.4 is 5.32 Å². The van der Waals surface area contributed by atoms with Gasteiger partial charge in [-0.15, -0.1) is 0 Å². The molecule has 0 aromatic carbocycles. The number of carbonyl (C=O) groups is 1. The van der Waals surface area contributed by atoms with Crippen LogP contribution in [0, 0.1) is 6.92 Å². The van der Waals surface area contributed by atoms with E-state index in [4.69, 9.17) is 8.94 Å². The Hall–Kier alpha value is -2.15. The lowest BCUT2D eigenvalue weighted by molar-refractivity contribution is 0.0910. The second-order valence-electron chi connectivity index (χ2n) is 5.02. The van der Waals surface area contributed by atoms with Crippen molar-refractivity contribution in [3.8, 4) is 0 Å². The highest BCUT2D eigenvalue weighted by Crippen LogP contribution is 2.29. The summed E-state index contributed by atoms with van der Waals surface area (Å²) in [4.78, 5) is 18.3. The lowest BCUT2D eigenvalue weighted by Gasteiger charge is -2.13. The second kappa shape index (κ2) is 5.09. The van der Waals surface area contributed by atoms with Crippen molar-refractivity contribution in [3.05, 3.63) is 35.9 Å². The van der Waals surface area contributed by atoms with Crippen molar-refractivity contribution in [2.24, 2.45) is 0 Å². The van der Waals surface area contributed by atoms with Crippen LogP contribution in [0.2, 0.25) is 0 Å². The number of rotatable bonds is 3. The minimum atomic E-state index is -0.198. The number of hydrogen-bond donors (Lipinski definition) is 1. The van der Waals surface area contributed by atoms with Gasteiger partial charge in [0, 0.05) is 12.6 Å². The van der Waals surface area contributed by atoms with Crippen molar-refractivity contribution < 1.29 is 13.7 Å². The molecule has 1 aliphatic rings. The summed E-state index contributed by atoms with van der Waals surface area (Å²) >= 11 is 0. The summed E-state index contributed by atoms with van der Waals surface area (Å²) in [5, 5.41) is 6.76. The predicted octanol–water partition coefficient (Wildman–Crippen LogP) is 1.15. The topological polar surface area (TPSA) is 84.4 Å². The van der Waals surface area contributed by atoms with Crippen LogP contribution in [0.5, 0.6) is 0 Å². The fraction of sp³-hybridized carbons (Fsp3) is 0.462. The Morgan fingerprint density at radius 3 is 3.05 bits per heavy atom. The standard InChI is InChI=1S/C13H16N4O3/c1-8-14-13(20-16-8)10-6-9(7-17(10)2)15-12(18)11-4-3-5-19-11/h3-5,9-10H,6-7H2,1-2H3,(H,15,18). The van der Waals surface area contributed by atoms with Crippen LogP contribution in [0.3, 0.4) is 0 Å². The molecule has 7 nitrogen and oxygen atoms in total. The van der Waals surface area contributed by atoms with Crippen molar-refractivity contribution >= 4 is 5.91 Å². The van der Waals surface area contributed by atoms with E-state index >= 15 is 0 Å². The van der Waals surface area contributed by atoms with E-state index in [2.05, 4.69) is 20.4 Å². The molecule has 106 valence electrons. The molecule has 0 spiro atoms. The molecule has 1 aliphatic heterocycles. The number of likely N-dealkylation sites (tertiary alicyclic amines) is 1. The van der Waals surface area contributed by atoms with Crippen LogP contribution in [0.4, 0.5) is 0 Å². The highest BCUT2D eigenvalue weighted by Gasteiger charge is 2.35. The van der Waals surface area contributed by atoms with Crippen molar-refractivity contribution in [2.45, 2.75) is 25.4 Å². The maximum Gasteiger partial charge on any atom is 0.287 e. The first-order valence-corrected chi connectivity index (χ1v) is 6.48. The van der Waals surface area contributed by atoms with Crippen LogP contribution in [-0.4, -0.2) is 40.6 Å². The molecule has 1 amide bonds. The molecule has 1 N–H and O–H groups in total. The third-order valence-electron chi connectivity index (χ3n) is 3.46. The summed E-state index contributed by atoms with van der Waals surface area (Å²) < 4.78 is 10.3. The molecule has 2 aromatic heterocycles. The van der Waals surface area contributed by atoms with Gasteiger partial charge < -0.3 is 14.3 Å². The van der Waals surface area contributed by atoms with Gasteiger partial charge in [0.05, 0.1) is 12.3 Å². The number of aromatic nitrogens is 2. The molecule has 0 bridgehead atoms. The fourth-order valence-electron chi connectivity index (χ4n) is 2.51. The van der Waals surface area contributed by atoms with E-state index in [9.17, 15) is 4.79 Å². The summed E-state index contributed by atoms with van der Waals surface area (Å²) in [7, 11) is 1.98. The number of carbonyl (C=O) groups excluding carboxylic acids is 1. The van der Waals surface area contributed by atoms with Crippen molar-refractivity contribution in [2.75, 3.05) is 13.6 Å². The van der Waals surface area contributed by atoms with Gasteiger partial charge >= 0.3 is 0 Å². The quantitative estimate of drug-likeness (QED) is 0.905. The van der Waals surface area contributed by atoms with Crippen LogP contribution >= 0.6 is 0 Å². The van der Waals surface area contributed by atoms with Crippen LogP contribution in [0.15, 0.2) is 27.3 Å². The van der Waals surface area contributed by atoms with Crippen molar-refractivity contribution in [1.82, 2.24) is 20.4 Å². The first kappa shape index (κ1) is 12.9. The summed E-state index contributed by atoms with van der Waals surface area (Å²) in [6.07, 6.45) is 2.23. The number of hydrogen-bond acceptors (Lipinski definition) is 6. The Balaban J connectivity index is 1.65. The largest absolute Gasteiger partial charge is 0.459 e. The number of amides is 1. The zero-order valence-corrected chi connectivity index (χ0v) is 11.4. The zero-order valence-electron chi connectivity index (χ0n) is 11.4. The third-order valence-corrected chi connectivity index (χ3v) is 3.46. The molecule has 2 unspecified atom stereocenters. The molecule has 0 radical (unpaired) electrons. The lowest BCUT2D eigenvalue weighted by atomic mass is 10.1. The maximum atomic E-state index is 11.9. The molecule has 3 rings (SSSR count). The first-order valence-electron chi connectivity index (χ1n) is 6.48. The van der Waals surface area contributed by atoms with E-state index in [0.29, 0.717) is 17.5 Å². The number of nitrogens with zero attached hydrogens (tertiary/aromatic N) is 3. The van der Waals surface area contributed by atoms with Crippen LogP contribution in [0.25, 0.3) is 0 Å². The minimum Gasteiger partial charge on any atom is -0.459 e. The third kappa shape index (κ3) is 2.44. The molecule has 0 aliphatic carbocycles. The van der Waals surface area contributed by atoms with Gasteiger partial charge in [0.1, 0.15) is 0 Å². The summed E-state index contributed by atoms with van der Waals surface area (Å²) in [5.41, 5.74) is 0. The Morgan fingerprint density at radius 1 is 1.55 bits per heavy atom. The van der Waals surface area contributed by atoms with Crippen LogP contribution in [0.1, 0.15) is 34.7 Å².